The van der Waals surface area contributed by atoms with Gasteiger partial charge in [-0.25, -0.2) is 13.8 Å². The van der Waals surface area contributed by atoms with E-state index in [0.29, 0.717) is 31.0 Å². The molecule has 1 aliphatic rings. The molecule has 29 heavy (non-hydrogen) atoms. The number of aromatic nitrogens is 4. The molecule has 1 amide bonds. The number of nitrogens with zero attached hydrogens (tertiary/aromatic N) is 5. The fourth-order valence-corrected chi connectivity index (χ4v) is 3.71. The lowest BCUT2D eigenvalue weighted by Gasteiger charge is -2.32. The third-order valence-electron chi connectivity index (χ3n) is 5.16. The normalized spacial score (nSPS) is 17.2. The number of rotatable bonds is 5. The molecule has 1 aromatic carbocycles. The molecule has 0 aliphatic carbocycles. The van der Waals surface area contributed by atoms with Crippen LogP contribution in [0.3, 0.4) is 0 Å². The summed E-state index contributed by atoms with van der Waals surface area (Å²) in [5.41, 5.74) is 1.87. The number of carbonyl (C=O) groups is 1. The van der Waals surface area contributed by atoms with Gasteiger partial charge in [-0.15, -0.1) is 0 Å². The van der Waals surface area contributed by atoms with Gasteiger partial charge < -0.3 is 9.64 Å². The minimum atomic E-state index is -2.69. The fourth-order valence-electron chi connectivity index (χ4n) is 3.71. The van der Waals surface area contributed by atoms with Crippen molar-refractivity contribution in [2.45, 2.75) is 31.8 Å². The van der Waals surface area contributed by atoms with Crippen LogP contribution in [0.1, 0.15) is 52.5 Å². The van der Waals surface area contributed by atoms with E-state index in [1.54, 1.807) is 24.1 Å². The molecule has 1 atom stereocenters. The van der Waals surface area contributed by atoms with Gasteiger partial charge in [0.1, 0.15) is 12.0 Å². The average Bonchev–Trinajstić information content (AvgIpc) is 3.22. The molecule has 3 heterocycles. The largest absolute Gasteiger partial charge is 0.380 e. The summed E-state index contributed by atoms with van der Waals surface area (Å²) >= 11 is 0. The first-order chi connectivity index (χ1) is 14.1. The SMILES string of the molecule is COCc1ccc(C(=O)N2CCC[C@H](c3cc(C(F)F)n4ncnc4n3)C2)cc1. The molecule has 3 aromatic rings. The van der Waals surface area contributed by atoms with E-state index in [-0.39, 0.29) is 23.3 Å². The van der Waals surface area contributed by atoms with Crippen LogP contribution in [-0.2, 0) is 11.3 Å². The van der Waals surface area contributed by atoms with Gasteiger partial charge in [-0.05, 0) is 36.6 Å². The Morgan fingerprint density at radius 3 is 2.83 bits per heavy atom. The lowest BCUT2D eigenvalue weighted by Crippen LogP contribution is -2.39. The standard InChI is InChI=1S/C20H21F2N5O2/c1-29-11-13-4-6-14(7-5-13)19(28)26-8-2-3-15(10-26)16-9-17(18(21)22)27-20(25-16)23-12-24-27/h4-7,9,12,15,18H,2-3,8,10-11H2,1H3/t15-/m0/s1. The molecule has 7 nitrogen and oxygen atoms in total. The first kappa shape index (κ1) is 19.4. The van der Waals surface area contributed by atoms with Crippen molar-refractivity contribution in [1.29, 1.82) is 0 Å². The predicted octanol–water partition coefficient (Wildman–Crippen LogP) is 3.23. The molecule has 0 unspecified atom stereocenters. The van der Waals surface area contributed by atoms with Gasteiger partial charge in [-0.3, -0.25) is 4.79 Å². The van der Waals surface area contributed by atoms with Gasteiger partial charge in [0.25, 0.3) is 18.1 Å². The fraction of sp³-hybridized carbons (Fsp3) is 0.400. The van der Waals surface area contributed by atoms with Gasteiger partial charge in [0.05, 0.1) is 12.3 Å². The summed E-state index contributed by atoms with van der Waals surface area (Å²) in [7, 11) is 1.62. The topological polar surface area (TPSA) is 72.6 Å². The van der Waals surface area contributed by atoms with E-state index in [4.69, 9.17) is 4.74 Å². The van der Waals surface area contributed by atoms with E-state index in [2.05, 4.69) is 15.1 Å². The molecular formula is C20H21F2N5O2. The quantitative estimate of drug-likeness (QED) is 0.656. The van der Waals surface area contributed by atoms with Crippen molar-refractivity contribution in [3.05, 3.63) is 59.2 Å². The Bertz CT molecular complexity index is 1010. The van der Waals surface area contributed by atoms with Crippen LogP contribution in [0.2, 0.25) is 0 Å². The second-order valence-electron chi connectivity index (χ2n) is 7.10. The van der Waals surface area contributed by atoms with Crippen molar-refractivity contribution >= 4 is 11.7 Å². The van der Waals surface area contributed by atoms with Gasteiger partial charge in [-0.2, -0.15) is 14.6 Å². The summed E-state index contributed by atoms with van der Waals surface area (Å²) in [6.07, 6.45) is 0.0770. The number of hydrogen-bond acceptors (Lipinski definition) is 5. The van der Waals surface area contributed by atoms with Crippen molar-refractivity contribution in [2.75, 3.05) is 20.2 Å². The van der Waals surface area contributed by atoms with Crippen molar-refractivity contribution in [1.82, 2.24) is 24.5 Å². The van der Waals surface area contributed by atoms with Crippen LogP contribution in [0.4, 0.5) is 8.78 Å². The lowest BCUT2D eigenvalue weighted by atomic mass is 9.93. The zero-order chi connectivity index (χ0) is 20.4. The number of fused-ring (bicyclic) bond motifs is 1. The molecule has 2 aromatic heterocycles. The summed E-state index contributed by atoms with van der Waals surface area (Å²) < 4.78 is 33.0. The molecule has 1 saturated heterocycles. The number of carbonyl (C=O) groups excluding carboxylic acids is 1. The third-order valence-corrected chi connectivity index (χ3v) is 5.16. The third kappa shape index (κ3) is 3.95. The highest BCUT2D eigenvalue weighted by molar-refractivity contribution is 5.94. The number of amides is 1. The Morgan fingerprint density at radius 1 is 1.31 bits per heavy atom. The van der Waals surface area contributed by atoms with Crippen LogP contribution in [-0.4, -0.2) is 50.6 Å². The number of alkyl halides is 2. The van der Waals surface area contributed by atoms with Crippen LogP contribution in [0.15, 0.2) is 36.7 Å². The highest BCUT2D eigenvalue weighted by Crippen LogP contribution is 2.29. The first-order valence-electron chi connectivity index (χ1n) is 9.42. The second-order valence-corrected chi connectivity index (χ2v) is 7.10. The number of halogens is 2. The molecule has 0 bridgehead atoms. The van der Waals surface area contributed by atoms with Gasteiger partial charge >= 0.3 is 0 Å². The zero-order valence-corrected chi connectivity index (χ0v) is 16.0. The molecule has 1 fully saturated rings. The zero-order valence-electron chi connectivity index (χ0n) is 16.0. The summed E-state index contributed by atoms with van der Waals surface area (Å²) in [5, 5.41) is 3.82. The maximum Gasteiger partial charge on any atom is 0.280 e. The van der Waals surface area contributed by atoms with Crippen LogP contribution in [0, 0.1) is 0 Å². The smallest absolute Gasteiger partial charge is 0.280 e. The molecule has 4 rings (SSSR count). The van der Waals surface area contributed by atoms with Crippen LogP contribution >= 0.6 is 0 Å². The van der Waals surface area contributed by atoms with E-state index in [1.807, 2.05) is 12.1 Å². The van der Waals surface area contributed by atoms with Crippen LogP contribution in [0.25, 0.3) is 5.78 Å². The van der Waals surface area contributed by atoms with Gasteiger partial charge in [0, 0.05) is 31.7 Å². The molecule has 0 N–H and O–H groups in total. The van der Waals surface area contributed by atoms with Crippen LogP contribution in [0.5, 0.6) is 0 Å². The van der Waals surface area contributed by atoms with Crippen molar-refractivity contribution in [2.24, 2.45) is 0 Å². The second kappa shape index (κ2) is 8.20. The molecule has 1 aliphatic heterocycles. The Balaban J connectivity index is 1.55. The van der Waals surface area contributed by atoms with E-state index >= 15 is 0 Å². The predicted molar refractivity (Wildman–Crippen MR) is 101 cm³/mol. The minimum absolute atomic E-state index is 0.0729. The minimum Gasteiger partial charge on any atom is -0.380 e. The Morgan fingerprint density at radius 2 is 2.10 bits per heavy atom. The molecule has 9 heteroatoms. The number of hydrogen-bond donors (Lipinski definition) is 0. The lowest BCUT2D eigenvalue weighted by molar-refractivity contribution is 0.0705. The molecule has 0 radical (unpaired) electrons. The summed E-state index contributed by atoms with van der Waals surface area (Å²) in [4.78, 5) is 23.0. The maximum atomic E-state index is 13.4. The number of piperidine rings is 1. The number of ether oxygens (including phenoxy) is 1. The van der Waals surface area contributed by atoms with Gasteiger partial charge in [-0.1, -0.05) is 12.1 Å². The van der Waals surface area contributed by atoms with Gasteiger partial charge in [0.2, 0.25) is 0 Å². The monoisotopic (exact) mass is 401 g/mol. The van der Waals surface area contributed by atoms with Crippen LogP contribution < -0.4 is 0 Å². The van der Waals surface area contributed by atoms with E-state index < -0.39 is 6.43 Å². The molecule has 0 spiro atoms. The highest BCUT2D eigenvalue weighted by Gasteiger charge is 2.28. The van der Waals surface area contributed by atoms with Crippen molar-refractivity contribution in [3.63, 3.8) is 0 Å². The van der Waals surface area contributed by atoms with Gasteiger partial charge in [0.15, 0.2) is 0 Å². The first-order valence-corrected chi connectivity index (χ1v) is 9.42. The highest BCUT2D eigenvalue weighted by atomic mass is 19.3. The molecular weight excluding hydrogens is 380 g/mol. The van der Waals surface area contributed by atoms with E-state index in [1.165, 1.54) is 12.4 Å². The maximum absolute atomic E-state index is 13.4. The van der Waals surface area contributed by atoms with Crippen molar-refractivity contribution < 1.29 is 18.3 Å². The van der Waals surface area contributed by atoms with E-state index in [9.17, 15) is 13.6 Å². The Hall–Kier alpha value is -2.94. The van der Waals surface area contributed by atoms with E-state index in [0.717, 1.165) is 22.9 Å². The number of benzene rings is 1. The molecule has 0 saturated carbocycles. The molecule has 152 valence electrons. The summed E-state index contributed by atoms with van der Waals surface area (Å²) in [6, 6.07) is 8.69. The number of methoxy groups -OCH3 is 1. The van der Waals surface area contributed by atoms with Crippen molar-refractivity contribution in [3.8, 4) is 0 Å². The Kier molecular flexibility index (Phi) is 5.48. The number of likely N-dealkylation sites (tertiary alicyclic amines) is 1. The average molecular weight is 401 g/mol. The Labute approximate surface area is 166 Å². The summed E-state index contributed by atoms with van der Waals surface area (Å²) in [6.45, 7) is 1.55. The summed E-state index contributed by atoms with van der Waals surface area (Å²) in [5.74, 6) is -0.0500.